The van der Waals surface area contributed by atoms with Crippen molar-refractivity contribution in [2.45, 2.75) is 20.8 Å². The molecule has 0 saturated carbocycles. The van der Waals surface area contributed by atoms with Crippen LogP contribution < -0.4 is 11.1 Å². The summed E-state index contributed by atoms with van der Waals surface area (Å²) < 4.78 is 0. The van der Waals surface area contributed by atoms with Crippen LogP contribution in [-0.4, -0.2) is 0 Å². The van der Waals surface area contributed by atoms with Crippen molar-refractivity contribution >= 4 is 49.4 Å². The van der Waals surface area contributed by atoms with Gasteiger partial charge in [0.2, 0.25) is 0 Å². The van der Waals surface area contributed by atoms with Crippen molar-refractivity contribution < 1.29 is 0 Å². The molecule has 2 heteroatoms. The molecule has 42 heavy (non-hydrogen) atoms. The molecule has 0 fully saturated rings. The highest BCUT2D eigenvalue weighted by Crippen LogP contribution is 2.45. The summed E-state index contributed by atoms with van der Waals surface area (Å²) in [7, 11) is 0. The number of benzene rings is 7. The Balaban J connectivity index is 0.000000744. The van der Waals surface area contributed by atoms with Crippen LogP contribution in [0.25, 0.3) is 54.6 Å². The zero-order chi connectivity index (χ0) is 29.1. The number of hydrogen-bond acceptors (Lipinski definition) is 2. The van der Waals surface area contributed by atoms with E-state index in [1.807, 2.05) is 24.3 Å². The minimum Gasteiger partial charge on any atom is -0.397 e. The first kappa shape index (κ1) is 27.1. The number of nitrogens with two attached hydrogens (primary N) is 1. The standard InChI is InChI=1S/C36H26N2.C4H10/c37-33-18-7-8-19-34(33)38-26-22-20-25(21-23-26)35-29-13-3-5-15-31(29)36(32-16-6-4-14-30(32)35)28-17-9-11-24-10-1-2-12-27(24)28;1-4(2)3/h1-23,38H,37H2;4H,1-3H3. The summed E-state index contributed by atoms with van der Waals surface area (Å²) in [5.74, 6) is 0.833. The minimum atomic E-state index is 0.734. The van der Waals surface area contributed by atoms with Gasteiger partial charge in [-0.3, -0.25) is 0 Å². The van der Waals surface area contributed by atoms with Crippen molar-refractivity contribution in [3.63, 3.8) is 0 Å². The second kappa shape index (κ2) is 11.8. The van der Waals surface area contributed by atoms with Gasteiger partial charge in [-0.15, -0.1) is 0 Å². The topological polar surface area (TPSA) is 38.0 Å². The molecule has 0 aliphatic heterocycles. The van der Waals surface area contributed by atoms with Gasteiger partial charge in [0.1, 0.15) is 0 Å². The van der Waals surface area contributed by atoms with Crippen LogP contribution in [0.2, 0.25) is 0 Å². The van der Waals surface area contributed by atoms with Gasteiger partial charge >= 0.3 is 0 Å². The Bertz CT molecular complexity index is 1940. The van der Waals surface area contributed by atoms with Crippen LogP contribution in [0.1, 0.15) is 20.8 Å². The van der Waals surface area contributed by atoms with Gasteiger partial charge in [0.25, 0.3) is 0 Å². The van der Waals surface area contributed by atoms with Crippen LogP contribution in [-0.2, 0) is 0 Å². The smallest absolute Gasteiger partial charge is 0.0617 e. The molecule has 2 nitrogen and oxygen atoms in total. The first-order chi connectivity index (χ1) is 20.5. The van der Waals surface area contributed by atoms with Crippen molar-refractivity contribution in [1.29, 1.82) is 0 Å². The maximum Gasteiger partial charge on any atom is 0.0617 e. The summed E-state index contributed by atoms with van der Waals surface area (Å²) in [6, 6.07) is 49.4. The predicted molar refractivity (Wildman–Crippen MR) is 184 cm³/mol. The zero-order valence-electron chi connectivity index (χ0n) is 24.4. The zero-order valence-corrected chi connectivity index (χ0v) is 24.4. The van der Waals surface area contributed by atoms with Gasteiger partial charge in [-0.2, -0.15) is 0 Å². The third-order valence-corrected chi connectivity index (χ3v) is 7.40. The van der Waals surface area contributed by atoms with E-state index >= 15 is 0 Å². The van der Waals surface area contributed by atoms with Crippen LogP contribution in [0.5, 0.6) is 0 Å². The molecule has 0 heterocycles. The van der Waals surface area contributed by atoms with Gasteiger partial charge in [-0.1, -0.05) is 136 Å². The van der Waals surface area contributed by atoms with E-state index in [1.54, 1.807) is 0 Å². The molecule has 3 N–H and O–H groups in total. The van der Waals surface area contributed by atoms with E-state index in [9.17, 15) is 0 Å². The Labute approximate surface area is 248 Å². The Hall–Kier alpha value is -5.08. The lowest BCUT2D eigenvalue weighted by Crippen LogP contribution is -1.96. The molecule has 206 valence electrons. The molecule has 7 rings (SSSR count). The van der Waals surface area contributed by atoms with E-state index in [0.29, 0.717) is 0 Å². The van der Waals surface area contributed by atoms with E-state index in [1.165, 1.54) is 54.6 Å². The number of nitrogen functional groups attached to an aromatic ring is 1. The lowest BCUT2D eigenvalue weighted by molar-refractivity contribution is 0.737. The third-order valence-electron chi connectivity index (χ3n) is 7.40. The number of anilines is 3. The van der Waals surface area contributed by atoms with Crippen molar-refractivity contribution in [3.05, 3.63) is 140 Å². The highest BCUT2D eigenvalue weighted by atomic mass is 14.9. The fourth-order valence-electron chi connectivity index (χ4n) is 5.66. The molecule has 0 aliphatic rings. The molecule has 0 aromatic heterocycles. The number of nitrogens with one attached hydrogen (secondary N) is 1. The Morgan fingerprint density at radius 2 is 0.952 bits per heavy atom. The van der Waals surface area contributed by atoms with Gasteiger partial charge in [0, 0.05) is 5.69 Å². The highest BCUT2D eigenvalue weighted by Gasteiger charge is 2.17. The Morgan fingerprint density at radius 1 is 0.476 bits per heavy atom. The first-order valence-corrected chi connectivity index (χ1v) is 14.6. The molecule has 0 aliphatic carbocycles. The van der Waals surface area contributed by atoms with Crippen LogP contribution >= 0.6 is 0 Å². The van der Waals surface area contributed by atoms with E-state index in [2.05, 4.69) is 141 Å². The maximum absolute atomic E-state index is 6.15. The second-order valence-electron chi connectivity index (χ2n) is 11.4. The fraction of sp³-hybridized carbons (Fsp3) is 0.100. The molecule has 0 amide bonds. The maximum atomic E-state index is 6.15. The third kappa shape index (κ3) is 5.32. The van der Waals surface area contributed by atoms with Gasteiger partial charge < -0.3 is 11.1 Å². The largest absolute Gasteiger partial charge is 0.397 e. The molecule has 0 atom stereocenters. The fourth-order valence-corrected chi connectivity index (χ4v) is 5.66. The summed E-state index contributed by atoms with van der Waals surface area (Å²) in [6.45, 7) is 6.50. The van der Waals surface area contributed by atoms with Crippen molar-refractivity contribution in [1.82, 2.24) is 0 Å². The van der Waals surface area contributed by atoms with E-state index in [0.717, 1.165) is 23.0 Å². The normalized spacial score (nSPS) is 11.0. The molecule has 0 spiro atoms. The lowest BCUT2D eigenvalue weighted by atomic mass is 9.85. The molecular weight excluding hydrogens is 508 g/mol. The van der Waals surface area contributed by atoms with Crippen LogP contribution in [0.4, 0.5) is 17.1 Å². The number of para-hydroxylation sites is 2. The van der Waals surface area contributed by atoms with Gasteiger partial charge in [-0.05, 0) is 84.8 Å². The second-order valence-corrected chi connectivity index (χ2v) is 11.4. The summed E-state index contributed by atoms with van der Waals surface area (Å²) >= 11 is 0. The Morgan fingerprint density at radius 3 is 1.55 bits per heavy atom. The summed E-state index contributed by atoms with van der Waals surface area (Å²) in [6.07, 6.45) is 0. The molecule has 0 unspecified atom stereocenters. The predicted octanol–water partition coefficient (Wildman–Crippen LogP) is 11.5. The number of hydrogen-bond donors (Lipinski definition) is 2. The van der Waals surface area contributed by atoms with E-state index < -0.39 is 0 Å². The van der Waals surface area contributed by atoms with Gasteiger partial charge in [0.05, 0.1) is 11.4 Å². The quantitative estimate of drug-likeness (QED) is 0.171. The molecule has 0 radical (unpaired) electrons. The van der Waals surface area contributed by atoms with Crippen molar-refractivity contribution in [2.75, 3.05) is 11.1 Å². The SMILES string of the molecule is CC(C)C.Nc1ccccc1Nc1ccc(-c2c3ccccc3c(-c3cccc4ccccc34)c3ccccc23)cc1. The van der Waals surface area contributed by atoms with Crippen molar-refractivity contribution in [3.8, 4) is 22.3 Å². The summed E-state index contributed by atoms with van der Waals surface area (Å²) in [5.41, 5.74) is 13.8. The monoisotopic (exact) mass is 544 g/mol. The van der Waals surface area contributed by atoms with E-state index in [4.69, 9.17) is 5.73 Å². The van der Waals surface area contributed by atoms with Gasteiger partial charge in [-0.25, -0.2) is 0 Å². The molecule has 7 aromatic carbocycles. The van der Waals surface area contributed by atoms with Crippen molar-refractivity contribution in [2.24, 2.45) is 5.92 Å². The van der Waals surface area contributed by atoms with Gasteiger partial charge in [0.15, 0.2) is 0 Å². The van der Waals surface area contributed by atoms with Crippen LogP contribution in [0.15, 0.2) is 140 Å². The summed E-state index contributed by atoms with van der Waals surface area (Å²) in [5, 5.41) is 11.0. The minimum absolute atomic E-state index is 0.734. The molecule has 0 bridgehead atoms. The van der Waals surface area contributed by atoms with Crippen LogP contribution in [0.3, 0.4) is 0 Å². The average Bonchev–Trinajstić information content (AvgIpc) is 3.01. The number of fused-ring (bicyclic) bond motifs is 3. The average molecular weight is 545 g/mol. The molecule has 7 aromatic rings. The first-order valence-electron chi connectivity index (χ1n) is 14.6. The highest BCUT2D eigenvalue weighted by molar-refractivity contribution is 6.23. The molecule has 0 saturated heterocycles. The lowest BCUT2D eigenvalue weighted by Gasteiger charge is -2.19. The van der Waals surface area contributed by atoms with Crippen LogP contribution in [0, 0.1) is 5.92 Å². The molecular formula is C40H36N2. The summed E-state index contributed by atoms with van der Waals surface area (Å²) in [4.78, 5) is 0. The van der Waals surface area contributed by atoms with E-state index in [-0.39, 0.29) is 0 Å². The number of rotatable bonds is 4. The Kier molecular flexibility index (Phi) is 7.62.